The maximum atomic E-state index is 11.6. The van der Waals surface area contributed by atoms with Crippen LogP contribution >= 0.6 is 15.9 Å². The summed E-state index contributed by atoms with van der Waals surface area (Å²) in [5.74, 6) is -1.17. The van der Waals surface area contributed by atoms with Gasteiger partial charge in [0.05, 0.1) is 5.69 Å². The summed E-state index contributed by atoms with van der Waals surface area (Å²) >= 11 is 3.34. The lowest BCUT2D eigenvalue weighted by Gasteiger charge is -2.04. The summed E-state index contributed by atoms with van der Waals surface area (Å²) in [6, 6.07) is 10.8. The van der Waals surface area contributed by atoms with E-state index in [0.29, 0.717) is 12.2 Å². The van der Waals surface area contributed by atoms with Crippen molar-refractivity contribution < 1.29 is 9.59 Å². The highest BCUT2D eigenvalue weighted by Gasteiger charge is 2.16. The molecule has 0 aliphatic rings. The van der Waals surface area contributed by atoms with Gasteiger partial charge in [-0.15, -0.1) is 0 Å². The number of benzene rings is 1. The normalized spacial score (nSPS) is 10.1. The van der Waals surface area contributed by atoms with Gasteiger partial charge in [0.25, 0.3) is 11.7 Å². The Morgan fingerprint density at radius 3 is 2.72 bits per heavy atom. The molecule has 0 aliphatic carbocycles. The lowest BCUT2D eigenvalue weighted by atomic mass is 10.2. The molecule has 0 aliphatic heterocycles. The lowest BCUT2D eigenvalue weighted by Crippen LogP contribution is -2.30. The zero-order valence-electron chi connectivity index (χ0n) is 9.44. The van der Waals surface area contributed by atoms with Crippen molar-refractivity contribution in [2.24, 2.45) is 0 Å². The number of ketones is 1. The zero-order valence-corrected chi connectivity index (χ0v) is 11.0. The van der Waals surface area contributed by atoms with Crippen LogP contribution in [0, 0.1) is 0 Å². The third-order valence-electron chi connectivity index (χ3n) is 2.39. The minimum Gasteiger partial charge on any atom is -0.358 e. The van der Waals surface area contributed by atoms with Gasteiger partial charge in [-0.2, -0.15) is 0 Å². The number of Topliss-reactive ketones (excluding diaryl/α,β-unsaturated/α-hetero) is 1. The molecule has 0 radical (unpaired) electrons. The third-order valence-corrected chi connectivity index (χ3v) is 2.88. The third kappa shape index (κ3) is 3.07. The molecule has 5 heteroatoms. The van der Waals surface area contributed by atoms with Crippen molar-refractivity contribution in [3.05, 3.63) is 58.3 Å². The van der Waals surface area contributed by atoms with Gasteiger partial charge in [-0.3, -0.25) is 9.59 Å². The van der Waals surface area contributed by atoms with Gasteiger partial charge in [-0.25, -0.2) is 0 Å². The summed E-state index contributed by atoms with van der Waals surface area (Å²) in [4.78, 5) is 26.0. The van der Waals surface area contributed by atoms with E-state index in [9.17, 15) is 9.59 Å². The van der Waals surface area contributed by atoms with Crippen LogP contribution in [-0.4, -0.2) is 16.7 Å². The molecule has 1 aromatic carbocycles. The van der Waals surface area contributed by atoms with Crippen molar-refractivity contribution in [1.29, 1.82) is 0 Å². The Balaban J connectivity index is 1.95. The first-order valence-electron chi connectivity index (χ1n) is 5.37. The monoisotopic (exact) mass is 306 g/mol. The number of hydrogen-bond donors (Lipinski definition) is 2. The maximum absolute atomic E-state index is 11.6. The van der Waals surface area contributed by atoms with Gasteiger partial charge in [0, 0.05) is 17.2 Å². The van der Waals surface area contributed by atoms with Gasteiger partial charge in [0.1, 0.15) is 0 Å². The molecule has 0 fully saturated rings. The van der Waals surface area contributed by atoms with Crippen molar-refractivity contribution in [1.82, 2.24) is 10.3 Å². The summed E-state index contributed by atoms with van der Waals surface area (Å²) < 4.78 is 0.935. The Morgan fingerprint density at radius 2 is 2.06 bits per heavy atom. The second kappa shape index (κ2) is 5.64. The van der Waals surface area contributed by atoms with Crippen molar-refractivity contribution in [2.45, 2.75) is 6.54 Å². The fourth-order valence-electron chi connectivity index (χ4n) is 1.50. The smallest absolute Gasteiger partial charge is 0.294 e. The fourth-order valence-corrected chi connectivity index (χ4v) is 1.95. The lowest BCUT2D eigenvalue weighted by molar-refractivity contribution is -0.117. The van der Waals surface area contributed by atoms with Crippen LogP contribution in [0.25, 0.3) is 0 Å². The second-order valence-corrected chi connectivity index (χ2v) is 4.64. The molecule has 0 saturated heterocycles. The van der Waals surface area contributed by atoms with E-state index in [1.807, 2.05) is 24.3 Å². The van der Waals surface area contributed by atoms with Gasteiger partial charge in [0.15, 0.2) is 0 Å². The fraction of sp³-hybridized carbons (Fsp3) is 0.0769. The van der Waals surface area contributed by atoms with Crippen molar-refractivity contribution in [3.63, 3.8) is 0 Å². The van der Waals surface area contributed by atoms with Crippen LogP contribution in [0.2, 0.25) is 0 Å². The molecule has 18 heavy (non-hydrogen) atoms. The Labute approximate surface area is 113 Å². The highest BCUT2D eigenvalue weighted by molar-refractivity contribution is 9.10. The van der Waals surface area contributed by atoms with E-state index in [-0.39, 0.29) is 0 Å². The number of rotatable bonds is 4. The molecular formula is C13H11BrN2O2. The molecular weight excluding hydrogens is 296 g/mol. The molecule has 1 aromatic heterocycles. The predicted octanol–water partition coefficient (Wildman–Crippen LogP) is 2.28. The van der Waals surface area contributed by atoms with E-state index in [4.69, 9.17) is 0 Å². The van der Waals surface area contributed by atoms with Crippen molar-refractivity contribution in [2.75, 3.05) is 0 Å². The number of carbonyl (C=O) groups is 2. The Morgan fingerprint density at radius 1 is 1.22 bits per heavy atom. The first-order chi connectivity index (χ1) is 8.66. The number of amides is 1. The summed E-state index contributed by atoms with van der Waals surface area (Å²) in [5.41, 5.74) is 1.22. The molecule has 1 heterocycles. The number of halogens is 1. The Kier molecular flexibility index (Phi) is 3.94. The molecule has 0 bridgehead atoms. The molecule has 2 aromatic rings. The standard InChI is InChI=1S/C13H11BrN2O2/c14-10-4-1-3-9(7-10)8-16-13(18)12(17)11-5-2-6-15-11/h1-7,15H,8H2,(H,16,18). The van der Waals surface area contributed by atoms with Crippen LogP contribution in [0.5, 0.6) is 0 Å². The summed E-state index contributed by atoms with van der Waals surface area (Å²) in [7, 11) is 0. The van der Waals surface area contributed by atoms with Crippen LogP contribution in [0.4, 0.5) is 0 Å². The van der Waals surface area contributed by atoms with E-state index >= 15 is 0 Å². The molecule has 4 nitrogen and oxygen atoms in total. The van der Waals surface area contributed by atoms with E-state index in [1.165, 1.54) is 0 Å². The number of H-pyrrole nitrogens is 1. The molecule has 92 valence electrons. The Bertz CT molecular complexity index is 564. The summed E-state index contributed by atoms with van der Waals surface area (Å²) in [6.07, 6.45) is 1.61. The topological polar surface area (TPSA) is 62.0 Å². The van der Waals surface area contributed by atoms with Crippen LogP contribution in [0.15, 0.2) is 47.1 Å². The van der Waals surface area contributed by atoms with Crippen molar-refractivity contribution >= 4 is 27.6 Å². The Hall–Kier alpha value is -1.88. The molecule has 0 spiro atoms. The molecule has 1 amide bonds. The minimum atomic E-state index is -0.613. The molecule has 2 N–H and O–H groups in total. The summed E-state index contributed by atoms with van der Waals surface area (Å²) in [6.45, 7) is 0.324. The molecule has 0 unspecified atom stereocenters. The molecule has 0 atom stereocenters. The van der Waals surface area contributed by atoms with E-state index in [0.717, 1.165) is 10.0 Å². The van der Waals surface area contributed by atoms with Gasteiger partial charge >= 0.3 is 0 Å². The van der Waals surface area contributed by atoms with Crippen LogP contribution < -0.4 is 5.32 Å². The zero-order chi connectivity index (χ0) is 13.0. The van der Waals surface area contributed by atoms with Gasteiger partial charge in [-0.05, 0) is 29.8 Å². The predicted molar refractivity (Wildman–Crippen MR) is 71.1 cm³/mol. The second-order valence-electron chi connectivity index (χ2n) is 3.73. The van der Waals surface area contributed by atoms with E-state index in [2.05, 4.69) is 26.2 Å². The number of hydrogen-bond acceptors (Lipinski definition) is 2. The minimum absolute atomic E-state index is 0.293. The van der Waals surface area contributed by atoms with Gasteiger partial charge in [-0.1, -0.05) is 28.1 Å². The van der Waals surface area contributed by atoms with Crippen LogP contribution in [-0.2, 0) is 11.3 Å². The first-order valence-corrected chi connectivity index (χ1v) is 6.16. The van der Waals surface area contributed by atoms with Gasteiger partial charge < -0.3 is 10.3 Å². The van der Waals surface area contributed by atoms with Crippen molar-refractivity contribution in [3.8, 4) is 0 Å². The quantitative estimate of drug-likeness (QED) is 0.672. The SMILES string of the molecule is O=C(NCc1cccc(Br)c1)C(=O)c1ccc[nH]1. The number of carbonyl (C=O) groups excluding carboxylic acids is 2. The highest BCUT2D eigenvalue weighted by atomic mass is 79.9. The maximum Gasteiger partial charge on any atom is 0.294 e. The number of nitrogens with one attached hydrogen (secondary N) is 2. The molecule has 2 rings (SSSR count). The molecule has 0 saturated carbocycles. The van der Waals surface area contributed by atoms with E-state index < -0.39 is 11.7 Å². The summed E-state index contributed by atoms with van der Waals surface area (Å²) in [5, 5.41) is 2.58. The van der Waals surface area contributed by atoms with Crippen LogP contribution in [0.3, 0.4) is 0 Å². The first kappa shape index (κ1) is 12.6. The number of aromatic amines is 1. The average Bonchev–Trinajstić information content (AvgIpc) is 2.89. The average molecular weight is 307 g/mol. The number of aromatic nitrogens is 1. The largest absolute Gasteiger partial charge is 0.358 e. The highest BCUT2D eigenvalue weighted by Crippen LogP contribution is 2.11. The van der Waals surface area contributed by atoms with E-state index in [1.54, 1.807) is 18.3 Å². The van der Waals surface area contributed by atoms with Crippen LogP contribution in [0.1, 0.15) is 16.1 Å². The van der Waals surface area contributed by atoms with Gasteiger partial charge in [0.2, 0.25) is 0 Å².